The second-order valence-corrected chi connectivity index (χ2v) is 9.90. The van der Waals surface area contributed by atoms with Crippen LogP contribution in [0.2, 0.25) is 15.1 Å². The van der Waals surface area contributed by atoms with Gasteiger partial charge in [0.1, 0.15) is 6.04 Å². The van der Waals surface area contributed by atoms with Crippen LogP contribution >= 0.6 is 46.6 Å². The third kappa shape index (κ3) is 7.41. The van der Waals surface area contributed by atoms with Crippen molar-refractivity contribution in [2.45, 2.75) is 24.8 Å². The molecule has 3 aromatic rings. The molecule has 8 heteroatoms. The van der Waals surface area contributed by atoms with Crippen LogP contribution in [0.4, 0.5) is 0 Å². The molecule has 0 spiro atoms. The summed E-state index contributed by atoms with van der Waals surface area (Å²) in [5, 5.41) is 4.46. The summed E-state index contributed by atoms with van der Waals surface area (Å²) in [7, 11) is 1.58. The number of benzene rings is 3. The van der Waals surface area contributed by atoms with Crippen molar-refractivity contribution in [2.75, 3.05) is 12.8 Å². The lowest BCUT2D eigenvalue weighted by Crippen LogP contribution is -2.50. The summed E-state index contributed by atoms with van der Waals surface area (Å²) in [5.41, 5.74) is 2.65. The number of nitrogens with zero attached hydrogens (tertiary/aromatic N) is 1. The normalized spacial score (nSPS) is 11.6. The number of rotatable bonds is 10. The molecule has 0 heterocycles. The predicted molar refractivity (Wildman–Crippen MR) is 143 cm³/mol. The minimum Gasteiger partial charge on any atom is -0.357 e. The molecule has 0 aliphatic rings. The molecule has 0 saturated carbocycles. The van der Waals surface area contributed by atoms with Gasteiger partial charge in [-0.25, -0.2) is 0 Å². The molecule has 0 aliphatic heterocycles. The number of halogens is 3. The van der Waals surface area contributed by atoms with Crippen molar-refractivity contribution >= 4 is 58.4 Å². The molecule has 3 rings (SSSR count). The van der Waals surface area contributed by atoms with Gasteiger partial charge in [-0.3, -0.25) is 9.59 Å². The Bertz CT molecular complexity index is 1090. The smallest absolute Gasteiger partial charge is 0.242 e. The zero-order valence-corrected chi connectivity index (χ0v) is 21.7. The van der Waals surface area contributed by atoms with Gasteiger partial charge in [0.25, 0.3) is 0 Å². The molecule has 0 fully saturated rings. The Hall–Kier alpha value is -2.18. The first-order valence-corrected chi connectivity index (χ1v) is 13.0. The maximum absolute atomic E-state index is 13.5. The number of carbonyl (C=O) groups excluding carboxylic acids is 2. The van der Waals surface area contributed by atoms with E-state index in [2.05, 4.69) is 5.32 Å². The maximum atomic E-state index is 13.5. The molecule has 4 nitrogen and oxygen atoms in total. The van der Waals surface area contributed by atoms with Crippen molar-refractivity contribution in [3.05, 3.63) is 105 Å². The number of likely N-dealkylation sites (N-methyl/N-ethyl adjacent to an activating group) is 1. The first-order valence-electron chi connectivity index (χ1n) is 10.7. The largest absolute Gasteiger partial charge is 0.357 e. The van der Waals surface area contributed by atoms with E-state index < -0.39 is 6.04 Å². The average molecular weight is 536 g/mol. The van der Waals surface area contributed by atoms with Crippen molar-refractivity contribution in [2.24, 2.45) is 0 Å². The van der Waals surface area contributed by atoms with Gasteiger partial charge in [0.05, 0.1) is 5.75 Å². The van der Waals surface area contributed by atoms with Gasteiger partial charge in [-0.1, -0.05) is 83.3 Å². The zero-order valence-electron chi connectivity index (χ0n) is 18.6. The third-order valence-corrected chi connectivity index (χ3v) is 7.22. The van der Waals surface area contributed by atoms with E-state index in [1.54, 1.807) is 42.3 Å². The number of nitrogens with one attached hydrogen (secondary N) is 1. The molecule has 1 atom stereocenters. The van der Waals surface area contributed by atoms with Crippen LogP contribution in [0.5, 0.6) is 0 Å². The number of amides is 2. The van der Waals surface area contributed by atoms with E-state index in [-0.39, 0.29) is 24.1 Å². The van der Waals surface area contributed by atoms with E-state index in [1.165, 1.54) is 11.8 Å². The summed E-state index contributed by atoms with van der Waals surface area (Å²) in [6, 6.07) is 21.6. The zero-order chi connectivity index (χ0) is 24.5. The highest BCUT2D eigenvalue weighted by Crippen LogP contribution is 2.28. The molecule has 0 radical (unpaired) electrons. The second kappa shape index (κ2) is 13.1. The van der Waals surface area contributed by atoms with E-state index in [0.717, 1.165) is 16.7 Å². The monoisotopic (exact) mass is 534 g/mol. The molecule has 0 unspecified atom stereocenters. The Labute approximate surface area is 219 Å². The van der Waals surface area contributed by atoms with Crippen molar-refractivity contribution < 1.29 is 9.59 Å². The van der Waals surface area contributed by atoms with Crippen LogP contribution in [0, 0.1) is 0 Å². The van der Waals surface area contributed by atoms with Crippen molar-refractivity contribution in [3.63, 3.8) is 0 Å². The van der Waals surface area contributed by atoms with E-state index >= 15 is 0 Å². The van der Waals surface area contributed by atoms with Crippen LogP contribution in [0.3, 0.4) is 0 Å². The molecule has 0 bridgehead atoms. The fourth-order valence-electron chi connectivity index (χ4n) is 3.50. The second-order valence-electron chi connectivity index (χ2n) is 7.66. The molecule has 0 aliphatic carbocycles. The fraction of sp³-hybridized carbons (Fsp3) is 0.231. The average Bonchev–Trinajstić information content (AvgIpc) is 2.84. The van der Waals surface area contributed by atoms with Gasteiger partial charge in [0.2, 0.25) is 11.8 Å². The summed E-state index contributed by atoms with van der Waals surface area (Å²) in [6.45, 7) is 0.286. The van der Waals surface area contributed by atoms with Crippen LogP contribution in [-0.2, 0) is 28.3 Å². The van der Waals surface area contributed by atoms with Gasteiger partial charge in [0.15, 0.2) is 0 Å². The lowest BCUT2D eigenvalue weighted by atomic mass is 10.0. The minimum atomic E-state index is -0.667. The minimum absolute atomic E-state index is 0.146. The Balaban J connectivity index is 1.82. The topological polar surface area (TPSA) is 49.4 Å². The summed E-state index contributed by atoms with van der Waals surface area (Å²) >= 11 is 20.0. The SMILES string of the molecule is CNC(=O)[C@H](Cc1ccccc1)N(Cc1ccc(Cl)cc1)C(=O)CSCc1c(Cl)cccc1Cl. The van der Waals surface area contributed by atoms with E-state index in [0.29, 0.717) is 27.2 Å². The number of thioether (sulfide) groups is 1. The lowest BCUT2D eigenvalue weighted by Gasteiger charge is -2.31. The van der Waals surface area contributed by atoms with Crippen molar-refractivity contribution in [1.82, 2.24) is 10.2 Å². The Morgan fingerprint density at radius 2 is 1.53 bits per heavy atom. The number of hydrogen-bond donors (Lipinski definition) is 1. The third-order valence-electron chi connectivity index (χ3n) is 5.32. The van der Waals surface area contributed by atoms with Gasteiger partial charge < -0.3 is 10.2 Å². The molecule has 34 heavy (non-hydrogen) atoms. The summed E-state index contributed by atoms with van der Waals surface area (Å²) in [5.74, 6) is 0.303. The summed E-state index contributed by atoms with van der Waals surface area (Å²) in [6.07, 6.45) is 0.404. The first-order chi connectivity index (χ1) is 16.4. The van der Waals surface area contributed by atoms with Crippen LogP contribution in [-0.4, -0.2) is 35.6 Å². The highest BCUT2D eigenvalue weighted by molar-refractivity contribution is 7.99. The van der Waals surface area contributed by atoms with E-state index in [9.17, 15) is 9.59 Å². The van der Waals surface area contributed by atoms with E-state index in [1.807, 2.05) is 42.5 Å². The van der Waals surface area contributed by atoms with Gasteiger partial charge in [0, 0.05) is 40.8 Å². The van der Waals surface area contributed by atoms with Gasteiger partial charge in [-0.2, -0.15) is 0 Å². The molecule has 0 aromatic heterocycles. The Morgan fingerprint density at radius 3 is 2.15 bits per heavy atom. The Kier molecular flexibility index (Phi) is 10.1. The lowest BCUT2D eigenvalue weighted by molar-refractivity contribution is -0.139. The Morgan fingerprint density at radius 1 is 0.882 bits per heavy atom. The maximum Gasteiger partial charge on any atom is 0.242 e. The van der Waals surface area contributed by atoms with Gasteiger partial charge in [-0.15, -0.1) is 11.8 Å². The van der Waals surface area contributed by atoms with E-state index in [4.69, 9.17) is 34.8 Å². The molecular formula is C26H25Cl3N2O2S. The first kappa shape index (κ1) is 26.4. The summed E-state index contributed by atoms with van der Waals surface area (Å²) < 4.78 is 0. The van der Waals surface area contributed by atoms with Crippen LogP contribution in [0.15, 0.2) is 72.8 Å². The standard InChI is InChI=1S/C26H25Cl3N2O2S/c1-30-26(33)24(14-18-6-3-2-4-7-18)31(15-19-10-12-20(27)13-11-19)25(32)17-34-16-21-22(28)8-5-9-23(21)29/h2-13,24H,14-17H2,1H3,(H,30,33)/t24-/m0/s1. The molecular weight excluding hydrogens is 511 g/mol. The number of carbonyl (C=O) groups is 2. The molecule has 1 N–H and O–H groups in total. The highest BCUT2D eigenvalue weighted by Gasteiger charge is 2.29. The molecule has 178 valence electrons. The van der Waals surface area contributed by atoms with Crippen molar-refractivity contribution in [3.8, 4) is 0 Å². The fourth-order valence-corrected chi connectivity index (χ4v) is 5.27. The number of hydrogen-bond acceptors (Lipinski definition) is 3. The molecule has 3 aromatic carbocycles. The van der Waals surface area contributed by atoms with Gasteiger partial charge in [-0.05, 0) is 41.0 Å². The van der Waals surface area contributed by atoms with Crippen molar-refractivity contribution in [1.29, 1.82) is 0 Å². The van der Waals surface area contributed by atoms with Crippen LogP contribution < -0.4 is 5.32 Å². The highest BCUT2D eigenvalue weighted by atomic mass is 35.5. The van der Waals surface area contributed by atoms with Crippen LogP contribution in [0.25, 0.3) is 0 Å². The quantitative estimate of drug-likeness (QED) is 0.333. The van der Waals surface area contributed by atoms with Crippen LogP contribution in [0.1, 0.15) is 16.7 Å². The predicted octanol–water partition coefficient (Wildman–Crippen LogP) is 6.27. The van der Waals surface area contributed by atoms with Gasteiger partial charge >= 0.3 is 0 Å². The molecule has 0 saturated heterocycles. The molecule has 2 amide bonds. The summed E-state index contributed by atoms with van der Waals surface area (Å²) in [4.78, 5) is 28.0.